The summed E-state index contributed by atoms with van der Waals surface area (Å²) in [6.45, 7) is 3.73. The number of fused-ring (bicyclic) bond motifs is 1. The molecule has 1 aromatic carbocycles. The van der Waals surface area contributed by atoms with Crippen LogP contribution in [-0.2, 0) is 4.79 Å². The summed E-state index contributed by atoms with van der Waals surface area (Å²) in [7, 11) is 1.77. The van der Waals surface area contributed by atoms with E-state index < -0.39 is 5.54 Å². The highest BCUT2D eigenvalue weighted by molar-refractivity contribution is 6.07. The van der Waals surface area contributed by atoms with Gasteiger partial charge in [0.2, 0.25) is 0 Å². The van der Waals surface area contributed by atoms with Crippen molar-refractivity contribution in [3.63, 3.8) is 0 Å². The summed E-state index contributed by atoms with van der Waals surface area (Å²) in [6, 6.07) is 5.52. The number of likely N-dealkylation sites (N-methyl/N-ethyl adjacent to an activating group) is 1. The van der Waals surface area contributed by atoms with Gasteiger partial charge in [0.25, 0.3) is 5.91 Å². The average molecular weight is 205 g/mol. The van der Waals surface area contributed by atoms with Gasteiger partial charge in [-0.2, -0.15) is 0 Å². The Balaban J connectivity index is 2.55. The number of nitrogen functional groups attached to an aromatic ring is 1. The van der Waals surface area contributed by atoms with E-state index in [0.717, 1.165) is 11.4 Å². The molecule has 1 aliphatic heterocycles. The van der Waals surface area contributed by atoms with E-state index in [9.17, 15) is 4.79 Å². The topological polar surface area (TPSA) is 58.4 Å². The van der Waals surface area contributed by atoms with Gasteiger partial charge in [-0.3, -0.25) is 4.79 Å². The first-order chi connectivity index (χ1) is 6.92. The maximum atomic E-state index is 11.9. The van der Waals surface area contributed by atoms with Gasteiger partial charge in [0.15, 0.2) is 0 Å². The maximum Gasteiger partial charge on any atom is 0.251 e. The number of amides is 1. The molecule has 0 aliphatic carbocycles. The number of hydrogen-bond acceptors (Lipinski definition) is 3. The van der Waals surface area contributed by atoms with Crippen LogP contribution in [0.2, 0.25) is 0 Å². The van der Waals surface area contributed by atoms with Crippen molar-refractivity contribution in [2.45, 2.75) is 19.4 Å². The standard InChI is InChI=1S/C11H15N3O/c1-11(2)10(15)14(3)9-6-7(12)4-5-8(9)13-11/h4-6,13H,12H2,1-3H3. The number of carbonyl (C=O) groups excluding carboxylic acids is 1. The van der Waals surface area contributed by atoms with Crippen LogP contribution in [-0.4, -0.2) is 18.5 Å². The van der Waals surface area contributed by atoms with Crippen molar-refractivity contribution in [2.75, 3.05) is 23.0 Å². The van der Waals surface area contributed by atoms with Gasteiger partial charge in [0, 0.05) is 12.7 Å². The lowest BCUT2D eigenvalue weighted by molar-refractivity contribution is -0.121. The second-order valence-electron chi connectivity index (χ2n) is 4.39. The predicted octanol–water partition coefficient (Wildman–Crippen LogP) is 1.44. The number of anilines is 3. The molecule has 0 unspecified atom stereocenters. The summed E-state index contributed by atoms with van der Waals surface area (Å²) in [5.74, 6) is 0.0422. The van der Waals surface area contributed by atoms with Gasteiger partial charge in [-0.25, -0.2) is 0 Å². The number of benzene rings is 1. The van der Waals surface area contributed by atoms with Crippen molar-refractivity contribution in [2.24, 2.45) is 0 Å². The van der Waals surface area contributed by atoms with Crippen molar-refractivity contribution in [3.8, 4) is 0 Å². The molecule has 4 nitrogen and oxygen atoms in total. The first-order valence-electron chi connectivity index (χ1n) is 4.88. The van der Waals surface area contributed by atoms with Crippen molar-refractivity contribution in [3.05, 3.63) is 18.2 Å². The molecule has 1 heterocycles. The Hall–Kier alpha value is -1.71. The Morgan fingerprint density at radius 3 is 2.73 bits per heavy atom. The lowest BCUT2D eigenvalue weighted by Gasteiger charge is -2.38. The van der Waals surface area contributed by atoms with Crippen molar-refractivity contribution in [1.29, 1.82) is 0 Å². The number of carbonyl (C=O) groups is 1. The van der Waals surface area contributed by atoms with E-state index in [1.54, 1.807) is 18.0 Å². The molecule has 1 amide bonds. The minimum Gasteiger partial charge on any atom is -0.399 e. The van der Waals surface area contributed by atoms with Gasteiger partial charge < -0.3 is 16.0 Å². The second-order valence-corrected chi connectivity index (χ2v) is 4.39. The molecule has 0 saturated heterocycles. The highest BCUT2D eigenvalue weighted by Crippen LogP contribution is 2.35. The lowest BCUT2D eigenvalue weighted by atomic mass is 9.98. The molecular weight excluding hydrogens is 190 g/mol. The van der Waals surface area contributed by atoms with Crippen LogP contribution in [0.25, 0.3) is 0 Å². The Morgan fingerprint density at radius 1 is 1.40 bits per heavy atom. The molecule has 1 aromatic rings. The summed E-state index contributed by atoms with van der Waals surface area (Å²) in [6.07, 6.45) is 0. The number of nitrogens with two attached hydrogens (primary N) is 1. The molecular formula is C11H15N3O. The highest BCUT2D eigenvalue weighted by atomic mass is 16.2. The smallest absolute Gasteiger partial charge is 0.251 e. The molecule has 1 aliphatic rings. The van der Waals surface area contributed by atoms with Gasteiger partial charge in [-0.05, 0) is 32.0 Å². The van der Waals surface area contributed by atoms with Crippen LogP contribution >= 0.6 is 0 Å². The Labute approximate surface area is 89.1 Å². The third kappa shape index (κ3) is 1.42. The van der Waals surface area contributed by atoms with E-state index in [2.05, 4.69) is 5.32 Å². The normalized spacial score (nSPS) is 18.3. The maximum absolute atomic E-state index is 11.9. The fourth-order valence-corrected chi connectivity index (χ4v) is 1.85. The Bertz CT molecular complexity index is 426. The quantitative estimate of drug-likeness (QED) is 0.630. The fourth-order valence-electron chi connectivity index (χ4n) is 1.85. The minimum atomic E-state index is -0.558. The van der Waals surface area contributed by atoms with Crippen LogP contribution in [0.3, 0.4) is 0 Å². The summed E-state index contributed by atoms with van der Waals surface area (Å²) in [4.78, 5) is 13.6. The summed E-state index contributed by atoms with van der Waals surface area (Å²) < 4.78 is 0. The predicted molar refractivity (Wildman–Crippen MR) is 62.0 cm³/mol. The van der Waals surface area contributed by atoms with Crippen LogP contribution in [0.1, 0.15) is 13.8 Å². The summed E-state index contributed by atoms with van der Waals surface area (Å²) in [5, 5.41) is 3.20. The zero-order valence-corrected chi connectivity index (χ0v) is 9.16. The van der Waals surface area contributed by atoms with Crippen LogP contribution in [0.15, 0.2) is 18.2 Å². The van der Waals surface area contributed by atoms with Crippen LogP contribution in [0.4, 0.5) is 17.1 Å². The molecule has 0 aromatic heterocycles. The highest BCUT2D eigenvalue weighted by Gasteiger charge is 2.36. The van der Waals surface area contributed by atoms with Gasteiger partial charge in [0.1, 0.15) is 5.54 Å². The number of nitrogens with zero attached hydrogens (tertiary/aromatic N) is 1. The molecule has 0 radical (unpaired) electrons. The molecule has 3 N–H and O–H groups in total. The van der Waals surface area contributed by atoms with E-state index >= 15 is 0 Å². The Kier molecular flexibility index (Phi) is 1.89. The monoisotopic (exact) mass is 205 g/mol. The molecule has 0 spiro atoms. The van der Waals surface area contributed by atoms with Gasteiger partial charge in [0.05, 0.1) is 11.4 Å². The number of hydrogen-bond donors (Lipinski definition) is 2. The van der Waals surface area contributed by atoms with Crippen molar-refractivity contribution >= 4 is 23.0 Å². The van der Waals surface area contributed by atoms with E-state index in [4.69, 9.17) is 5.73 Å². The third-order valence-electron chi connectivity index (χ3n) is 2.67. The van der Waals surface area contributed by atoms with Gasteiger partial charge in [-0.1, -0.05) is 0 Å². The van der Waals surface area contributed by atoms with Crippen LogP contribution in [0.5, 0.6) is 0 Å². The Morgan fingerprint density at radius 2 is 2.07 bits per heavy atom. The zero-order valence-electron chi connectivity index (χ0n) is 9.16. The number of nitrogens with one attached hydrogen (secondary N) is 1. The van der Waals surface area contributed by atoms with Crippen LogP contribution in [0, 0.1) is 0 Å². The second kappa shape index (κ2) is 2.89. The van der Waals surface area contributed by atoms with Crippen molar-refractivity contribution < 1.29 is 4.79 Å². The summed E-state index contributed by atoms with van der Waals surface area (Å²) >= 11 is 0. The first kappa shape index (κ1) is 9.83. The van der Waals surface area contributed by atoms with Gasteiger partial charge in [-0.15, -0.1) is 0 Å². The molecule has 0 saturated carbocycles. The lowest BCUT2D eigenvalue weighted by Crippen LogP contribution is -2.52. The van der Waals surface area contributed by atoms with E-state index in [1.165, 1.54) is 0 Å². The molecule has 0 bridgehead atoms. The molecule has 4 heteroatoms. The SMILES string of the molecule is CN1C(=O)C(C)(C)Nc2ccc(N)cc21. The number of rotatable bonds is 0. The van der Waals surface area contributed by atoms with Crippen LogP contribution < -0.4 is 16.0 Å². The zero-order chi connectivity index (χ0) is 11.2. The molecule has 2 rings (SSSR count). The molecule has 80 valence electrons. The average Bonchev–Trinajstić information content (AvgIpc) is 2.16. The molecule has 15 heavy (non-hydrogen) atoms. The third-order valence-corrected chi connectivity index (χ3v) is 2.67. The van der Waals surface area contributed by atoms with Gasteiger partial charge >= 0.3 is 0 Å². The first-order valence-corrected chi connectivity index (χ1v) is 4.88. The fraction of sp³-hybridized carbons (Fsp3) is 0.364. The molecule has 0 atom stereocenters. The van der Waals surface area contributed by atoms with E-state index in [1.807, 2.05) is 26.0 Å². The van der Waals surface area contributed by atoms with E-state index in [-0.39, 0.29) is 5.91 Å². The largest absolute Gasteiger partial charge is 0.399 e. The van der Waals surface area contributed by atoms with E-state index in [0.29, 0.717) is 5.69 Å². The summed E-state index contributed by atoms with van der Waals surface area (Å²) in [5.41, 5.74) is 7.57. The minimum absolute atomic E-state index is 0.0422. The molecule has 0 fully saturated rings. The van der Waals surface area contributed by atoms with Crippen molar-refractivity contribution in [1.82, 2.24) is 0 Å².